The van der Waals surface area contributed by atoms with E-state index in [9.17, 15) is 9.59 Å². The second kappa shape index (κ2) is 3.98. The van der Waals surface area contributed by atoms with Gasteiger partial charge in [0, 0.05) is 17.0 Å². The van der Waals surface area contributed by atoms with Crippen LogP contribution in [0, 0.1) is 0 Å². The molecule has 1 heterocycles. The Kier molecular flexibility index (Phi) is 2.66. The van der Waals surface area contributed by atoms with E-state index in [0.717, 1.165) is 0 Å². The summed E-state index contributed by atoms with van der Waals surface area (Å²) in [5, 5.41) is 0.790. The van der Waals surface area contributed by atoms with Gasteiger partial charge in [0.15, 0.2) is 6.29 Å². The molecule has 0 aliphatic heterocycles. The highest BCUT2D eigenvalue weighted by Crippen LogP contribution is 2.29. The zero-order chi connectivity index (χ0) is 11.7. The van der Waals surface area contributed by atoms with Gasteiger partial charge >= 0.3 is 5.97 Å². The lowest BCUT2D eigenvalue weighted by Crippen LogP contribution is -1.97. The van der Waals surface area contributed by atoms with E-state index in [1.54, 1.807) is 6.07 Å². The Morgan fingerprint density at radius 1 is 1.50 bits per heavy atom. The summed E-state index contributed by atoms with van der Waals surface area (Å²) in [5.74, 6) is -0.526. The summed E-state index contributed by atoms with van der Waals surface area (Å²) in [6.45, 7) is 0. The number of benzene rings is 1. The number of ether oxygens (including phenoxy) is 1. The number of furan rings is 1. The van der Waals surface area contributed by atoms with E-state index in [1.165, 1.54) is 19.2 Å². The second-order valence-corrected chi connectivity index (χ2v) is 3.48. The summed E-state index contributed by atoms with van der Waals surface area (Å²) in [6.07, 6.45) is 0.645. The summed E-state index contributed by atoms with van der Waals surface area (Å²) >= 11 is 5.96. The Hall–Kier alpha value is -1.81. The number of carbonyl (C=O) groups excluding carboxylic acids is 2. The highest BCUT2D eigenvalue weighted by atomic mass is 35.5. The standard InChI is InChI=1S/C11H7ClO4/c1-15-11(14)9-4-7-8(16-9)3-2-6(5-13)10(7)12/h2-5H,1H3. The highest BCUT2D eigenvalue weighted by Gasteiger charge is 2.15. The zero-order valence-electron chi connectivity index (χ0n) is 8.32. The number of fused-ring (bicyclic) bond motifs is 1. The van der Waals surface area contributed by atoms with Gasteiger partial charge < -0.3 is 9.15 Å². The first kappa shape index (κ1) is 10.7. The SMILES string of the molecule is COC(=O)c1cc2c(Cl)c(C=O)ccc2o1. The number of hydrogen-bond acceptors (Lipinski definition) is 4. The third-order valence-electron chi connectivity index (χ3n) is 2.18. The molecule has 2 aromatic rings. The Morgan fingerprint density at radius 2 is 2.25 bits per heavy atom. The number of aldehydes is 1. The third kappa shape index (κ3) is 1.57. The maximum atomic E-state index is 11.2. The van der Waals surface area contributed by atoms with Crippen molar-refractivity contribution in [2.45, 2.75) is 0 Å². The third-order valence-corrected chi connectivity index (χ3v) is 2.60. The minimum atomic E-state index is -0.583. The molecule has 5 heteroatoms. The van der Waals surface area contributed by atoms with Gasteiger partial charge in [-0.3, -0.25) is 4.79 Å². The predicted octanol–water partition coefficient (Wildman–Crippen LogP) is 2.69. The van der Waals surface area contributed by atoms with Crippen LogP contribution in [-0.4, -0.2) is 19.4 Å². The van der Waals surface area contributed by atoms with E-state index in [4.69, 9.17) is 16.0 Å². The van der Waals surface area contributed by atoms with Gasteiger partial charge in [0.05, 0.1) is 12.1 Å². The number of carbonyl (C=O) groups is 2. The summed E-state index contributed by atoms with van der Waals surface area (Å²) in [7, 11) is 1.26. The van der Waals surface area contributed by atoms with Gasteiger partial charge in [0.25, 0.3) is 0 Å². The number of halogens is 1. The molecule has 0 unspecified atom stereocenters. The topological polar surface area (TPSA) is 56.5 Å². The normalized spacial score (nSPS) is 10.4. The molecule has 4 nitrogen and oxygen atoms in total. The van der Waals surface area contributed by atoms with Gasteiger partial charge in [-0.15, -0.1) is 0 Å². The number of esters is 1. The molecular formula is C11H7ClO4. The second-order valence-electron chi connectivity index (χ2n) is 3.10. The molecule has 0 saturated carbocycles. The van der Waals surface area contributed by atoms with Crippen LogP contribution in [-0.2, 0) is 4.74 Å². The van der Waals surface area contributed by atoms with E-state index in [0.29, 0.717) is 22.8 Å². The fourth-order valence-corrected chi connectivity index (χ4v) is 1.64. The first-order valence-electron chi connectivity index (χ1n) is 4.43. The average Bonchev–Trinajstić information content (AvgIpc) is 2.73. The molecule has 16 heavy (non-hydrogen) atoms. The van der Waals surface area contributed by atoms with Crippen molar-refractivity contribution in [2.75, 3.05) is 7.11 Å². The van der Waals surface area contributed by atoms with Gasteiger partial charge in [0.2, 0.25) is 5.76 Å². The van der Waals surface area contributed by atoms with E-state index in [2.05, 4.69) is 4.74 Å². The van der Waals surface area contributed by atoms with Crippen LogP contribution in [0.1, 0.15) is 20.9 Å². The first-order valence-corrected chi connectivity index (χ1v) is 4.80. The van der Waals surface area contributed by atoms with Crippen LogP contribution < -0.4 is 0 Å². The van der Waals surface area contributed by atoms with Crippen molar-refractivity contribution >= 4 is 34.8 Å². The van der Waals surface area contributed by atoms with Crippen molar-refractivity contribution in [3.8, 4) is 0 Å². The van der Waals surface area contributed by atoms with Crippen LogP contribution >= 0.6 is 11.6 Å². The van der Waals surface area contributed by atoms with E-state index in [1.807, 2.05) is 0 Å². The van der Waals surface area contributed by atoms with Gasteiger partial charge in [-0.05, 0) is 12.1 Å². The van der Waals surface area contributed by atoms with Crippen LogP contribution in [0.5, 0.6) is 0 Å². The summed E-state index contributed by atoms with van der Waals surface area (Å²) in [5.41, 5.74) is 0.794. The molecule has 1 aromatic heterocycles. The molecule has 0 saturated heterocycles. The Balaban J connectivity index is 2.66. The molecule has 82 valence electrons. The first-order chi connectivity index (χ1) is 7.67. The number of hydrogen-bond donors (Lipinski definition) is 0. The minimum absolute atomic E-state index is 0.0578. The van der Waals surface area contributed by atoms with Crippen LogP contribution in [0.4, 0.5) is 0 Å². The van der Waals surface area contributed by atoms with Crippen molar-refractivity contribution in [2.24, 2.45) is 0 Å². The summed E-state index contributed by atoms with van der Waals surface area (Å²) < 4.78 is 9.74. The molecule has 0 atom stereocenters. The summed E-state index contributed by atoms with van der Waals surface area (Å²) in [4.78, 5) is 21.9. The molecule has 0 N–H and O–H groups in total. The van der Waals surface area contributed by atoms with Crippen LogP contribution in [0.3, 0.4) is 0 Å². The van der Waals surface area contributed by atoms with Crippen molar-refractivity contribution in [3.63, 3.8) is 0 Å². The predicted molar refractivity (Wildman–Crippen MR) is 58.0 cm³/mol. The molecule has 2 rings (SSSR count). The molecule has 0 radical (unpaired) electrons. The van der Waals surface area contributed by atoms with Gasteiger partial charge in [0.1, 0.15) is 5.58 Å². The molecule has 1 aromatic carbocycles. The Bertz CT molecular complexity index is 571. The van der Waals surface area contributed by atoms with Crippen molar-refractivity contribution in [1.82, 2.24) is 0 Å². The molecule has 0 fully saturated rings. The molecule has 0 aliphatic rings. The van der Waals surface area contributed by atoms with Crippen molar-refractivity contribution in [3.05, 3.63) is 34.5 Å². The Labute approximate surface area is 95.7 Å². The van der Waals surface area contributed by atoms with E-state index >= 15 is 0 Å². The van der Waals surface area contributed by atoms with Crippen molar-refractivity contribution < 1.29 is 18.7 Å². The average molecular weight is 239 g/mol. The maximum absolute atomic E-state index is 11.2. The summed E-state index contributed by atoms with van der Waals surface area (Å²) in [6, 6.07) is 4.57. The molecular weight excluding hydrogens is 232 g/mol. The molecule has 0 spiro atoms. The van der Waals surface area contributed by atoms with Crippen LogP contribution in [0.2, 0.25) is 5.02 Å². The maximum Gasteiger partial charge on any atom is 0.373 e. The van der Waals surface area contributed by atoms with Gasteiger partial charge in [-0.25, -0.2) is 4.79 Å². The Morgan fingerprint density at radius 3 is 2.88 bits per heavy atom. The lowest BCUT2D eigenvalue weighted by molar-refractivity contribution is 0.0567. The van der Waals surface area contributed by atoms with Gasteiger partial charge in [-0.1, -0.05) is 11.6 Å². The lowest BCUT2D eigenvalue weighted by Gasteiger charge is -1.95. The van der Waals surface area contributed by atoms with Crippen LogP contribution in [0.15, 0.2) is 22.6 Å². The van der Waals surface area contributed by atoms with Gasteiger partial charge in [-0.2, -0.15) is 0 Å². The number of rotatable bonds is 2. The molecule has 0 bridgehead atoms. The smallest absolute Gasteiger partial charge is 0.373 e. The largest absolute Gasteiger partial charge is 0.463 e. The molecule has 0 aliphatic carbocycles. The minimum Gasteiger partial charge on any atom is -0.463 e. The quantitative estimate of drug-likeness (QED) is 0.596. The fraction of sp³-hybridized carbons (Fsp3) is 0.0909. The van der Waals surface area contributed by atoms with Crippen LogP contribution in [0.25, 0.3) is 11.0 Å². The fourth-order valence-electron chi connectivity index (χ4n) is 1.39. The number of methoxy groups -OCH3 is 1. The molecule has 0 amide bonds. The lowest BCUT2D eigenvalue weighted by atomic mass is 10.2. The van der Waals surface area contributed by atoms with Crippen molar-refractivity contribution in [1.29, 1.82) is 0 Å². The van der Waals surface area contributed by atoms with E-state index < -0.39 is 5.97 Å². The monoisotopic (exact) mass is 238 g/mol. The zero-order valence-corrected chi connectivity index (χ0v) is 9.08. The van der Waals surface area contributed by atoms with E-state index in [-0.39, 0.29) is 10.8 Å². The highest BCUT2D eigenvalue weighted by molar-refractivity contribution is 6.37.